The summed E-state index contributed by atoms with van der Waals surface area (Å²) in [5.74, 6) is -0.0793. The molecule has 100 valence electrons. The van der Waals surface area contributed by atoms with Crippen LogP contribution >= 0.6 is 0 Å². The monoisotopic (exact) mass is 263 g/mol. The molecule has 1 aromatic heterocycles. The maximum atomic E-state index is 11.5. The number of ether oxygens (including phenoxy) is 2. The van der Waals surface area contributed by atoms with Gasteiger partial charge in [0.1, 0.15) is 23.7 Å². The summed E-state index contributed by atoms with van der Waals surface area (Å²) in [7, 11) is 0. The number of carbonyl (C=O) groups excluding carboxylic acids is 1. The molecule has 7 nitrogen and oxygen atoms in total. The van der Waals surface area contributed by atoms with Crippen LogP contribution in [0.4, 0.5) is 5.69 Å². The van der Waals surface area contributed by atoms with E-state index in [1.807, 2.05) is 0 Å². The lowest BCUT2D eigenvalue weighted by atomic mass is 10.3. The minimum atomic E-state index is -0.523. The third-order valence-electron chi connectivity index (χ3n) is 2.38. The molecule has 7 heteroatoms. The van der Waals surface area contributed by atoms with E-state index in [0.717, 1.165) is 0 Å². The van der Waals surface area contributed by atoms with Crippen LogP contribution in [0.15, 0.2) is 28.9 Å². The number of nitrogens with zero attached hydrogens (tertiary/aromatic N) is 2. The van der Waals surface area contributed by atoms with E-state index in [1.54, 1.807) is 31.2 Å². The van der Waals surface area contributed by atoms with Gasteiger partial charge in [-0.1, -0.05) is 22.4 Å². The van der Waals surface area contributed by atoms with E-state index < -0.39 is 5.97 Å². The van der Waals surface area contributed by atoms with Gasteiger partial charge in [0.15, 0.2) is 6.61 Å². The van der Waals surface area contributed by atoms with Gasteiger partial charge < -0.3 is 15.2 Å². The number of carbonyl (C=O) groups is 1. The highest BCUT2D eigenvalue weighted by molar-refractivity contribution is 5.71. The Morgan fingerprint density at radius 3 is 2.84 bits per heavy atom. The standard InChI is InChI=1S/C12H13N3O4/c1-8-10(15-19-14-8)6-18-12(16)7-17-11-5-3-2-4-9(11)13/h2-5H,6-7,13H2,1H3. The summed E-state index contributed by atoms with van der Waals surface area (Å²) < 4.78 is 14.7. The molecule has 19 heavy (non-hydrogen) atoms. The molecule has 2 N–H and O–H groups in total. The van der Waals surface area contributed by atoms with Gasteiger partial charge in [-0.05, 0) is 19.1 Å². The maximum absolute atomic E-state index is 11.5. The molecule has 0 spiro atoms. The van der Waals surface area contributed by atoms with Crippen LogP contribution in [0.5, 0.6) is 5.75 Å². The van der Waals surface area contributed by atoms with Gasteiger partial charge in [-0.3, -0.25) is 0 Å². The lowest BCUT2D eigenvalue weighted by Gasteiger charge is -2.07. The van der Waals surface area contributed by atoms with E-state index >= 15 is 0 Å². The highest BCUT2D eigenvalue weighted by Crippen LogP contribution is 2.19. The zero-order valence-electron chi connectivity index (χ0n) is 10.3. The van der Waals surface area contributed by atoms with Gasteiger partial charge in [0.25, 0.3) is 0 Å². The summed E-state index contributed by atoms with van der Waals surface area (Å²) in [6, 6.07) is 6.90. The van der Waals surface area contributed by atoms with Crippen molar-refractivity contribution in [3.05, 3.63) is 35.7 Å². The molecule has 0 saturated carbocycles. The lowest BCUT2D eigenvalue weighted by molar-refractivity contribution is -0.147. The number of nitrogen functional groups attached to an aromatic ring is 1. The molecule has 0 fully saturated rings. The first-order chi connectivity index (χ1) is 9.16. The van der Waals surface area contributed by atoms with Crippen LogP contribution in [0.1, 0.15) is 11.4 Å². The number of rotatable bonds is 5. The van der Waals surface area contributed by atoms with Crippen molar-refractivity contribution in [1.29, 1.82) is 0 Å². The van der Waals surface area contributed by atoms with Crippen LogP contribution in [0.2, 0.25) is 0 Å². The van der Waals surface area contributed by atoms with Crippen LogP contribution in [0, 0.1) is 6.92 Å². The van der Waals surface area contributed by atoms with Gasteiger partial charge in [-0.2, -0.15) is 0 Å². The number of hydrogen-bond acceptors (Lipinski definition) is 7. The fourth-order valence-electron chi connectivity index (χ4n) is 1.32. The predicted octanol–water partition coefficient (Wildman–Crippen LogP) is 1.08. The molecule has 1 heterocycles. The SMILES string of the molecule is Cc1nonc1COC(=O)COc1ccccc1N. The molecule has 2 rings (SSSR count). The second kappa shape index (κ2) is 5.85. The number of hydrogen-bond donors (Lipinski definition) is 1. The van der Waals surface area contributed by atoms with Crippen LogP contribution in [-0.4, -0.2) is 22.9 Å². The minimum Gasteiger partial charge on any atom is -0.480 e. The largest absolute Gasteiger partial charge is 0.480 e. The molecule has 0 bridgehead atoms. The molecule has 2 aromatic rings. The van der Waals surface area contributed by atoms with Gasteiger partial charge >= 0.3 is 5.97 Å². The fourth-order valence-corrected chi connectivity index (χ4v) is 1.32. The summed E-state index contributed by atoms with van der Waals surface area (Å²) in [6.07, 6.45) is 0. The molecule has 0 aliphatic carbocycles. The molecule has 0 atom stereocenters. The smallest absolute Gasteiger partial charge is 0.344 e. The maximum Gasteiger partial charge on any atom is 0.344 e. The van der Waals surface area contributed by atoms with Crippen molar-refractivity contribution in [3.8, 4) is 5.75 Å². The first kappa shape index (κ1) is 12.9. The summed E-state index contributed by atoms with van der Waals surface area (Å²) in [6.45, 7) is 1.49. The summed E-state index contributed by atoms with van der Waals surface area (Å²) >= 11 is 0. The highest BCUT2D eigenvalue weighted by atomic mass is 16.6. The molecule has 0 aliphatic heterocycles. The van der Waals surface area contributed by atoms with Crippen molar-refractivity contribution >= 4 is 11.7 Å². The molecular weight excluding hydrogens is 250 g/mol. The minimum absolute atomic E-state index is 0.00178. The van der Waals surface area contributed by atoms with Crippen molar-refractivity contribution in [2.75, 3.05) is 12.3 Å². The average Bonchev–Trinajstić information content (AvgIpc) is 2.81. The lowest BCUT2D eigenvalue weighted by Crippen LogP contribution is -2.15. The summed E-state index contributed by atoms with van der Waals surface area (Å²) in [5.41, 5.74) is 7.20. The Labute approximate surface area is 109 Å². The second-order valence-corrected chi connectivity index (χ2v) is 3.78. The van der Waals surface area contributed by atoms with Gasteiger partial charge in [0.05, 0.1) is 5.69 Å². The van der Waals surface area contributed by atoms with Crippen molar-refractivity contribution in [3.63, 3.8) is 0 Å². The number of anilines is 1. The van der Waals surface area contributed by atoms with Crippen molar-refractivity contribution < 1.29 is 18.9 Å². The van der Waals surface area contributed by atoms with E-state index in [4.69, 9.17) is 15.2 Å². The normalized spacial score (nSPS) is 10.2. The third kappa shape index (κ3) is 3.44. The van der Waals surface area contributed by atoms with E-state index in [0.29, 0.717) is 22.8 Å². The molecule has 0 saturated heterocycles. The highest BCUT2D eigenvalue weighted by Gasteiger charge is 2.10. The van der Waals surface area contributed by atoms with Crippen LogP contribution < -0.4 is 10.5 Å². The number of aryl methyl sites for hydroxylation is 1. The summed E-state index contributed by atoms with van der Waals surface area (Å²) in [4.78, 5) is 11.5. The summed E-state index contributed by atoms with van der Waals surface area (Å²) in [5, 5.41) is 7.17. The van der Waals surface area contributed by atoms with Crippen LogP contribution in [-0.2, 0) is 16.1 Å². The second-order valence-electron chi connectivity index (χ2n) is 3.78. The van der Waals surface area contributed by atoms with E-state index in [1.165, 1.54) is 0 Å². The third-order valence-corrected chi connectivity index (χ3v) is 2.38. The van der Waals surface area contributed by atoms with Crippen molar-refractivity contribution in [2.24, 2.45) is 0 Å². The number of benzene rings is 1. The Morgan fingerprint density at radius 1 is 1.37 bits per heavy atom. The Morgan fingerprint density at radius 2 is 2.16 bits per heavy atom. The van der Waals surface area contributed by atoms with Gasteiger partial charge in [0, 0.05) is 0 Å². The quantitative estimate of drug-likeness (QED) is 0.636. The molecule has 1 aromatic carbocycles. The van der Waals surface area contributed by atoms with E-state index in [9.17, 15) is 4.79 Å². The zero-order valence-corrected chi connectivity index (χ0v) is 10.3. The first-order valence-electron chi connectivity index (χ1n) is 5.58. The fraction of sp³-hybridized carbons (Fsp3) is 0.250. The van der Waals surface area contributed by atoms with Gasteiger partial charge in [-0.25, -0.2) is 9.42 Å². The predicted molar refractivity (Wildman–Crippen MR) is 65.2 cm³/mol. The molecule has 0 aliphatic rings. The van der Waals surface area contributed by atoms with Crippen LogP contribution in [0.25, 0.3) is 0 Å². The van der Waals surface area contributed by atoms with E-state index in [-0.39, 0.29) is 13.2 Å². The Bertz CT molecular complexity index is 568. The molecular formula is C12H13N3O4. The number of nitrogens with two attached hydrogens (primary N) is 1. The molecule has 0 radical (unpaired) electrons. The van der Waals surface area contributed by atoms with E-state index in [2.05, 4.69) is 14.9 Å². The van der Waals surface area contributed by atoms with Crippen molar-refractivity contribution in [1.82, 2.24) is 10.3 Å². The zero-order chi connectivity index (χ0) is 13.7. The van der Waals surface area contributed by atoms with Gasteiger partial charge in [0.2, 0.25) is 0 Å². The number of aromatic nitrogens is 2. The topological polar surface area (TPSA) is 100 Å². The average molecular weight is 263 g/mol. The number of para-hydroxylation sites is 2. The van der Waals surface area contributed by atoms with Gasteiger partial charge in [-0.15, -0.1) is 0 Å². The Kier molecular flexibility index (Phi) is 3.97. The van der Waals surface area contributed by atoms with Crippen LogP contribution in [0.3, 0.4) is 0 Å². The number of esters is 1. The molecule has 0 amide bonds. The Balaban J connectivity index is 1.79. The van der Waals surface area contributed by atoms with Crippen molar-refractivity contribution in [2.45, 2.75) is 13.5 Å². The molecule has 0 unspecified atom stereocenters. The Hall–Kier alpha value is -2.57. The first-order valence-corrected chi connectivity index (χ1v) is 5.58.